The van der Waals surface area contributed by atoms with Gasteiger partial charge in [-0.2, -0.15) is 0 Å². The van der Waals surface area contributed by atoms with Crippen LogP contribution in [0, 0.1) is 0 Å². The molecule has 1 aliphatic heterocycles. The number of benzene rings is 2. The van der Waals surface area contributed by atoms with Crippen molar-refractivity contribution in [3.8, 4) is 11.5 Å². The molecule has 29 heavy (non-hydrogen) atoms. The topological polar surface area (TPSA) is 162 Å². The number of aromatic hydroxyl groups is 1. The fourth-order valence-electron chi connectivity index (χ4n) is 3.24. The summed E-state index contributed by atoms with van der Waals surface area (Å²) in [5.41, 5.74) is 0.555. The Morgan fingerprint density at radius 1 is 1.03 bits per heavy atom. The first-order chi connectivity index (χ1) is 13.8. The van der Waals surface area contributed by atoms with Crippen molar-refractivity contribution in [3.05, 3.63) is 35.9 Å². The number of aliphatic hydroxyl groups is 3. The van der Waals surface area contributed by atoms with Crippen molar-refractivity contribution in [1.82, 2.24) is 9.97 Å². The highest BCUT2D eigenvalue weighted by Gasteiger charge is 2.43. The molecule has 5 N–H and O–H groups in total. The summed E-state index contributed by atoms with van der Waals surface area (Å²) in [5, 5.41) is 49.4. The highest BCUT2D eigenvalue weighted by Crippen LogP contribution is 2.30. The molecule has 1 saturated heterocycles. The second kappa shape index (κ2) is 7.08. The van der Waals surface area contributed by atoms with Gasteiger partial charge >= 0.3 is 5.97 Å². The van der Waals surface area contributed by atoms with E-state index < -0.39 is 36.7 Å². The van der Waals surface area contributed by atoms with Crippen LogP contribution in [0.4, 0.5) is 0 Å². The van der Waals surface area contributed by atoms with Gasteiger partial charge in [0.2, 0.25) is 6.29 Å². The van der Waals surface area contributed by atoms with Crippen LogP contribution in [-0.2, 0) is 4.74 Å². The number of carbonyl (C=O) groups is 1. The average molecular weight is 402 g/mol. The molecule has 1 aromatic heterocycles. The van der Waals surface area contributed by atoms with E-state index in [2.05, 4.69) is 9.97 Å². The van der Waals surface area contributed by atoms with Crippen LogP contribution >= 0.6 is 0 Å². The number of ether oxygens (including phenoxy) is 2. The second-order valence-electron chi connectivity index (χ2n) is 6.81. The smallest absolute Gasteiger partial charge is 0.338 e. The van der Waals surface area contributed by atoms with Crippen molar-refractivity contribution < 1.29 is 39.8 Å². The van der Waals surface area contributed by atoms with Gasteiger partial charge in [0.15, 0.2) is 0 Å². The summed E-state index contributed by atoms with van der Waals surface area (Å²) < 4.78 is 10.9. The molecule has 5 atom stereocenters. The van der Waals surface area contributed by atoms with Crippen molar-refractivity contribution in [3.63, 3.8) is 0 Å². The quantitative estimate of drug-likeness (QED) is 0.387. The number of aromatic carboxylic acids is 1. The van der Waals surface area contributed by atoms with Crippen molar-refractivity contribution in [1.29, 1.82) is 0 Å². The number of fused-ring (bicyclic) bond motifs is 2. The summed E-state index contributed by atoms with van der Waals surface area (Å²) >= 11 is 0. The largest absolute Gasteiger partial charge is 0.506 e. The third kappa shape index (κ3) is 3.32. The van der Waals surface area contributed by atoms with Gasteiger partial charge < -0.3 is 35.0 Å². The summed E-state index contributed by atoms with van der Waals surface area (Å²) in [6.07, 6.45) is -6.51. The van der Waals surface area contributed by atoms with Crippen LogP contribution in [-0.4, -0.2) is 72.2 Å². The number of carboxylic acid groups (broad SMARTS) is 1. The Labute approximate surface area is 163 Å². The zero-order chi connectivity index (χ0) is 20.9. The maximum Gasteiger partial charge on any atom is 0.338 e. The average Bonchev–Trinajstić information content (AvgIpc) is 2.69. The lowest BCUT2D eigenvalue weighted by Gasteiger charge is -2.38. The van der Waals surface area contributed by atoms with Crippen LogP contribution in [0.25, 0.3) is 22.1 Å². The first-order valence-corrected chi connectivity index (χ1v) is 8.79. The van der Waals surface area contributed by atoms with E-state index in [0.29, 0.717) is 5.52 Å². The van der Waals surface area contributed by atoms with E-state index in [1.807, 2.05) is 0 Å². The minimum absolute atomic E-state index is 0.00110. The van der Waals surface area contributed by atoms with E-state index in [9.17, 15) is 30.3 Å². The first-order valence-electron chi connectivity index (χ1n) is 8.79. The molecule has 10 nitrogen and oxygen atoms in total. The SMILES string of the molecule is C[C@@H]1O[C@@H](Oc2cc(C(=O)O)c3nc4cccc(O)c4nc3c2)[C@H](O)[C@H](O)[C@H]1O. The van der Waals surface area contributed by atoms with Crippen LogP contribution < -0.4 is 4.74 Å². The van der Waals surface area contributed by atoms with Crippen molar-refractivity contribution >= 4 is 28.0 Å². The van der Waals surface area contributed by atoms with E-state index in [-0.39, 0.29) is 33.6 Å². The normalized spacial score (nSPS) is 27.2. The maximum atomic E-state index is 11.7. The molecule has 2 heterocycles. The highest BCUT2D eigenvalue weighted by molar-refractivity contribution is 6.03. The van der Waals surface area contributed by atoms with E-state index in [1.165, 1.54) is 25.1 Å². The Bertz CT molecular complexity index is 1100. The molecule has 0 bridgehead atoms. The Morgan fingerprint density at radius 3 is 2.48 bits per heavy atom. The van der Waals surface area contributed by atoms with Crippen molar-refractivity contribution in [2.75, 3.05) is 0 Å². The van der Waals surface area contributed by atoms with Crippen LogP contribution in [0.15, 0.2) is 30.3 Å². The standard InChI is InChI=1S/C19H18N2O8/c1-7-15(23)16(24)17(25)19(28-7)29-8-5-9(18(26)27)13-11(6-8)21-14-10(20-13)3-2-4-12(14)22/h2-7,15-17,19,22-25H,1H3,(H,26,27)/t7-,15-,16+,17+,19-/m0/s1. The maximum absolute atomic E-state index is 11.7. The second-order valence-corrected chi connectivity index (χ2v) is 6.81. The van der Waals surface area contributed by atoms with Crippen LogP contribution in [0.3, 0.4) is 0 Å². The van der Waals surface area contributed by atoms with Crippen LogP contribution in [0.1, 0.15) is 17.3 Å². The molecule has 3 aromatic rings. The number of rotatable bonds is 3. The molecule has 1 aliphatic rings. The number of carboxylic acids is 1. The predicted octanol–water partition coefficient (Wildman–Crippen LogP) is 0.393. The Morgan fingerprint density at radius 2 is 1.76 bits per heavy atom. The van der Waals surface area contributed by atoms with E-state index >= 15 is 0 Å². The summed E-state index contributed by atoms with van der Waals surface area (Å²) in [7, 11) is 0. The minimum atomic E-state index is -1.56. The minimum Gasteiger partial charge on any atom is -0.506 e. The first kappa shape index (κ1) is 19.3. The van der Waals surface area contributed by atoms with Crippen molar-refractivity contribution in [2.45, 2.75) is 37.6 Å². The Hall–Kier alpha value is -3.05. The van der Waals surface area contributed by atoms with Gasteiger partial charge in [-0.15, -0.1) is 0 Å². The van der Waals surface area contributed by atoms with E-state index in [1.54, 1.807) is 12.1 Å². The Balaban J connectivity index is 1.80. The molecule has 0 spiro atoms. The number of hydrogen-bond acceptors (Lipinski definition) is 9. The molecule has 0 saturated carbocycles. The molecule has 4 rings (SSSR count). The number of nitrogens with zero attached hydrogens (tertiary/aromatic N) is 2. The lowest BCUT2D eigenvalue weighted by Crippen LogP contribution is -2.58. The zero-order valence-electron chi connectivity index (χ0n) is 15.1. The predicted molar refractivity (Wildman–Crippen MR) is 98.7 cm³/mol. The van der Waals surface area contributed by atoms with Gasteiger partial charge in [-0.3, -0.25) is 0 Å². The van der Waals surface area contributed by atoms with Gasteiger partial charge in [0.05, 0.1) is 22.7 Å². The van der Waals surface area contributed by atoms with Crippen molar-refractivity contribution in [2.24, 2.45) is 0 Å². The number of hydrogen-bond donors (Lipinski definition) is 5. The molecule has 152 valence electrons. The van der Waals surface area contributed by atoms with Gasteiger partial charge in [-0.05, 0) is 25.1 Å². The number of phenolic OH excluding ortho intramolecular Hbond substituents is 1. The number of aliphatic hydroxyl groups excluding tert-OH is 3. The van der Waals surface area contributed by atoms with Crippen LogP contribution in [0.2, 0.25) is 0 Å². The van der Waals surface area contributed by atoms with Gasteiger partial charge in [-0.1, -0.05) is 6.07 Å². The number of phenols is 1. The highest BCUT2D eigenvalue weighted by atomic mass is 16.7. The molecule has 1 fully saturated rings. The van der Waals surface area contributed by atoms with Gasteiger partial charge in [-0.25, -0.2) is 14.8 Å². The molecule has 0 radical (unpaired) electrons. The zero-order valence-corrected chi connectivity index (χ0v) is 15.1. The Kier molecular flexibility index (Phi) is 4.71. The fraction of sp³-hybridized carbons (Fsp3) is 0.316. The van der Waals surface area contributed by atoms with E-state index in [4.69, 9.17) is 9.47 Å². The lowest BCUT2D eigenvalue weighted by atomic mass is 10.00. The monoisotopic (exact) mass is 402 g/mol. The third-order valence-corrected chi connectivity index (χ3v) is 4.81. The molecular weight excluding hydrogens is 384 g/mol. The van der Waals surface area contributed by atoms with Gasteiger partial charge in [0, 0.05) is 6.07 Å². The number of para-hydroxylation sites is 1. The summed E-state index contributed by atoms with van der Waals surface area (Å²) in [5.74, 6) is -1.39. The lowest BCUT2D eigenvalue weighted by molar-refractivity contribution is -0.268. The molecule has 0 aliphatic carbocycles. The fourth-order valence-corrected chi connectivity index (χ4v) is 3.24. The summed E-state index contributed by atoms with van der Waals surface area (Å²) in [6.45, 7) is 1.50. The van der Waals surface area contributed by atoms with Crippen LogP contribution in [0.5, 0.6) is 11.5 Å². The number of aromatic nitrogens is 2. The van der Waals surface area contributed by atoms with E-state index in [0.717, 1.165) is 0 Å². The molecule has 2 aromatic carbocycles. The van der Waals surface area contributed by atoms with Gasteiger partial charge in [0.1, 0.15) is 40.8 Å². The summed E-state index contributed by atoms with van der Waals surface area (Å²) in [4.78, 5) is 20.3. The summed E-state index contributed by atoms with van der Waals surface area (Å²) in [6, 6.07) is 7.18. The molecular formula is C19H18N2O8. The van der Waals surface area contributed by atoms with Gasteiger partial charge in [0.25, 0.3) is 0 Å². The molecule has 0 amide bonds. The molecule has 0 unspecified atom stereocenters. The molecule has 10 heteroatoms. The third-order valence-electron chi connectivity index (χ3n) is 4.81.